The van der Waals surface area contributed by atoms with E-state index in [0.29, 0.717) is 11.4 Å². The Hall–Kier alpha value is -2.62. The summed E-state index contributed by atoms with van der Waals surface area (Å²) in [5.74, 6) is 0.637. The van der Waals surface area contributed by atoms with Crippen LogP contribution in [0.25, 0.3) is 11.4 Å². The molecule has 2 aromatic heterocycles. The fourth-order valence-corrected chi connectivity index (χ4v) is 4.26. The zero-order chi connectivity index (χ0) is 18.9. The third-order valence-electron chi connectivity index (χ3n) is 4.32. The molecule has 1 aliphatic rings. The van der Waals surface area contributed by atoms with Crippen molar-refractivity contribution in [3.8, 4) is 11.4 Å². The fraction of sp³-hybridized carbons (Fsp3) is 0.278. The number of benzene rings is 1. The van der Waals surface area contributed by atoms with Crippen LogP contribution in [0.4, 0.5) is 0 Å². The van der Waals surface area contributed by atoms with Crippen molar-refractivity contribution in [1.82, 2.24) is 19.4 Å². The lowest BCUT2D eigenvalue weighted by molar-refractivity contribution is -0.0199. The Bertz CT molecular complexity index is 1020. The Morgan fingerprint density at radius 2 is 2.00 bits per heavy atom. The largest absolute Gasteiger partial charge is 0.366 e. The molecule has 3 heterocycles. The molecule has 1 aromatic carbocycles. The molecule has 0 spiro atoms. The Morgan fingerprint density at radius 1 is 1.19 bits per heavy atom. The second kappa shape index (κ2) is 7.18. The highest BCUT2D eigenvalue weighted by Gasteiger charge is 2.34. The molecule has 1 atom stereocenters. The van der Waals surface area contributed by atoms with Crippen LogP contribution in [0.5, 0.6) is 0 Å². The zero-order valence-electron chi connectivity index (χ0n) is 14.6. The van der Waals surface area contributed by atoms with Gasteiger partial charge in [0.15, 0.2) is 6.10 Å². The molecule has 1 aliphatic heterocycles. The molecule has 3 aromatic rings. The van der Waals surface area contributed by atoms with Crippen LogP contribution < -0.4 is 0 Å². The van der Waals surface area contributed by atoms with Crippen molar-refractivity contribution in [2.24, 2.45) is 0 Å². The number of morpholine rings is 1. The van der Waals surface area contributed by atoms with Crippen LogP contribution in [0.15, 0.2) is 58.2 Å². The summed E-state index contributed by atoms with van der Waals surface area (Å²) < 4.78 is 38.2. The molecular formula is C18H18N4O4S. The van der Waals surface area contributed by atoms with Gasteiger partial charge in [-0.25, -0.2) is 8.42 Å². The Labute approximate surface area is 156 Å². The molecule has 0 bridgehead atoms. The monoisotopic (exact) mass is 386 g/mol. The average Bonchev–Trinajstić information content (AvgIpc) is 3.19. The average molecular weight is 386 g/mol. The van der Waals surface area contributed by atoms with Crippen LogP contribution in [0.1, 0.15) is 17.6 Å². The van der Waals surface area contributed by atoms with Crippen molar-refractivity contribution in [2.45, 2.75) is 17.9 Å². The van der Waals surface area contributed by atoms with Gasteiger partial charge >= 0.3 is 0 Å². The topological polar surface area (TPSA) is 98.4 Å². The number of aromatic nitrogens is 3. The third-order valence-corrected chi connectivity index (χ3v) is 6.20. The van der Waals surface area contributed by atoms with Crippen LogP contribution in [-0.2, 0) is 14.8 Å². The van der Waals surface area contributed by atoms with E-state index in [4.69, 9.17) is 9.26 Å². The Kier molecular flexibility index (Phi) is 4.73. The highest BCUT2D eigenvalue weighted by atomic mass is 32.2. The molecule has 1 saturated heterocycles. The van der Waals surface area contributed by atoms with Crippen molar-refractivity contribution < 1.29 is 17.7 Å². The summed E-state index contributed by atoms with van der Waals surface area (Å²) in [5, 5.41) is 3.94. The lowest BCUT2D eigenvalue weighted by Crippen LogP contribution is -2.42. The molecule has 1 unspecified atom stereocenters. The summed E-state index contributed by atoms with van der Waals surface area (Å²) >= 11 is 0. The molecule has 140 valence electrons. The van der Waals surface area contributed by atoms with Crippen LogP contribution >= 0.6 is 0 Å². The molecule has 9 heteroatoms. The zero-order valence-corrected chi connectivity index (χ0v) is 15.5. The first kappa shape index (κ1) is 17.8. The van der Waals surface area contributed by atoms with Crippen molar-refractivity contribution in [3.05, 3.63) is 60.2 Å². The molecule has 0 radical (unpaired) electrons. The van der Waals surface area contributed by atoms with E-state index in [1.165, 1.54) is 4.31 Å². The number of rotatable bonds is 4. The van der Waals surface area contributed by atoms with Gasteiger partial charge in [-0.15, -0.1) is 0 Å². The van der Waals surface area contributed by atoms with Crippen LogP contribution in [0.2, 0.25) is 0 Å². The Balaban J connectivity index is 1.55. The van der Waals surface area contributed by atoms with Gasteiger partial charge in [0.2, 0.25) is 15.8 Å². The van der Waals surface area contributed by atoms with Gasteiger partial charge in [0.05, 0.1) is 11.5 Å². The van der Waals surface area contributed by atoms with Gasteiger partial charge < -0.3 is 9.26 Å². The minimum absolute atomic E-state index is 0.116. The second-order valence-electron chi connectivity index (χ2n) is 6.23. The maximum absolute atomic E-state index is 12.9. The van der Waals surface area contributed by atoms with Gasteiger partial charge in [0.1, 0.15) is 0 Å². The minimum atomic E-state index is -3.61. The summed E-state index contributed by atoms with van der Waals surface area (Å²) in [7, 11) is -3.61. The first-order chi connectivity index (χ1) is 13.0. The van der Waals surface area contributed by atoms with E-state index >= 15 is 0 Å². The molecule has 1 fully saturated rings. The SMILES string of the molecule is Cc1ccc(S(=O)(=O)N2CCOC(c3nc(-c4cccnc4)no3)C2)cc1. The van der Waals surface area contributed by atoms with Crippen molar-refractivity contribution in [2.75, 3.05) is 19.7 Å². The van der Waals surface area contributed by atoms with Crippen molar-refractivity contribution >= 4 is 10.0 Å². The normalized spacial score (nSPS) is 18.5. The summed E-state index contributed by atoms with van der Waals surface area (Å²) in [6.07, 6.45) is 2.67. The van der Waals surface area contributed by atoms with Gasteiger partial charge in [0.25, 0.3) is 5.89 Å². The molecule has 0 amide bonds. The van der Waals surface area contributed by atoms with Crippen molar-refractivity contribution in [3.63, 3.8) is 0 Å². The van der Waals surface area contributed by atoms with E-state index in [1.807, 2.05) is 13.0 Å². The van der Waals surface area contributed by atoms with Gasteiger partial charge in [-0.05, 0) is 31.2 Å². The summed E-state index contributed by atoms with van der Waals surface area (Å²) in [6.45, 7) is 2.55. The third kappa shape index (κ3) is 3.61. The number of nitrogens with zero attached hydrogens (tertiary/aromatic N) is 4. The number of aryl methyl sites for hydroxylation is 1. The highest BCUT2D eigenvalue weighted by Crippen LogP contribution is 2.27. The highest BCUT2D eigenvalue weighted by molar-refractivity contribution is 7.89. The Morgan fingerprint density at radius 3 is 2.74 bits per heavy atom. The van der Waals surface area contributed by atoms with Crippen LogP contribution in [0, 0.1) is 6.92 Å². The summed E-state index contributed by atoms with van der Waals surface area (Å²) in [4.78, 5) is 8.63. The number of ether oxygens (including phenoxy) is 1. The van der Waals surface area contributed by atoms with Gasteiger partial charge in [-0.1, -0.05) is 22.9 Å². The smallest absolute Gasteiger partial charge is 0.257 e. The molecule has 8 nitrogen and oxygen atoms in total. The lowest BCUT2D eigenvalue weighted by Gasteiger charge is -2.30. The quantitative estimate of drug-likeness (QED) is 0.678. The van der Waals surface area contributed by atoms with Gasteiger partial charge in [-0.2, -0.15) is 9.29 Å². The second-order valence-corrected chi connectivity index (χ2v) is 8.17. The van der Waals surface area contributed by atoms with Gasteiger partial charge in [-0.3, -0.25) is 4.98 Å². The number of pyridine rings is 1. The minimum Gasteiger partial charge on any atom is -0.366 e. The first-order valence-electron chi connectivity index (χ1n) is 8.46. The number of sulfonamides is 1. The van der Waals surface area contributed by atoms with Crippen LogP contribution in [-0.4, -0.2) is 47.5 Å². The summed E-state index contributed by atoms with van der Waals surface area (Å²) in [5.41, 5.74) is 1.72. The lowest BCUT2D eigenvalue weighted by atomic mass is 10.2. The predicted molar refractivity (Wildman–Crippen MR) is 96.2 cm³/mol. The molecule has 0 N–H and O–H groups in total. The standard InChI is InChI=1S/C18H18N4O4S/c1-13-4-6-15(7-5-13)27(23,24)22-9-10-25-16(12-22)18-20-17(21-26-18)14-3-2-8-19-11-14/h2-8,11,16H,9-10,12H2,1H3. The van der Waals surface area contributed by atoms with Crippen LogP contribution in [0.3, 0.4) is 0 Å². The number of hydrogen-bond donors (Lipinski definition) is 0. The molecule has 4 rings (SSSR count). The number of hydrogen-bond acceptors (Lipinski definition) is 7. The molecular weight excluding hydrogens is 368 g/mol. The maximum atomic E-state index is 12.9. The van der Waals surface area contributed by atoms with Crippen molar-refractivity contribution in [1.29, 1.82) is 0 Å². The fourth-order valence-electron chi connectivity index (χ4n) is 2.83. The maximum Gasteiger partial charge on any atom is 0.257 e. The molecule has 0 saturated carbocycles. The first-order valence-corrected chi connectivity index (χ1v) is 9.90. The van der Waals surface area contributed by atoms with E-state index in [-0.39, 0.29) is 30.5 Å². The van der Waals surface area contributed by atoms with E-state index < -0.39 is 16.1 Å². The predicted octanol–water partition coefficient (Wildman–Crippen LogP) is 2.20. The van der Waals surface area contributed by atoms with Gasteiger partial charge in [0, 0.05) is 31.0 Å². The van der Waals surface area contributed by atoms with E-state index in [9.17, 15) is 8.42 Å². The van der Waals surface area contributed by atoms with E-state index in [1.54, 1.807) is 42.7 Å². The molecule has 27 heavy (non-hydrogen) atoms. The van der Waals surface area contributed by atoms with E-state index in [0.717, 1.165) is 5.56 Å². The van der Waals surface area contributed by atoms with E-state index in [2.05, 4.69) is 15.1 Å². The summed E-state index contributed by atoms with van der Waals surface area (Å²) in [6, 6.07) is 10.4. The molecule has 0 aliphatic carbocycles.